The third-order valence-electron chi connectivity index (χ3n) is 6.07. The molecule has 172 valence electrons. The van der Waals surface area contributed by atoms with Gasteiger partial charge in [-0.15, -0.1) is 11.3 Å². The number of thiazole rings is 1. The largest absolute Gasteiger partial charge is 0.489 e. The molecule has 0 radical (unpaired) electrons. The fourth-order valence-electron chi connectivity index (χ4n) is 4.02. The zero-order valence-electron chi connectivity index (χ0n) is 18.5. The SMILES string of the molecule is C[C@H](Oc1cc(-c2cnn(C)c2)cc2ncnc(Nc3ccc4ncsc4c3F)c12)C1COC1. The van der Waals surface area contributed by atoms with Gasteiger partial charge in [0, 0.05) is 24.7 Å². The van der Waals surface area contributed by atoms with Gasteiger partial charge in [-0.3, -0.25) is 4.68 Å². The fourth-order valence-corrected chi connectivity index (χ4v) is 4.75. The maximum absolute atomic E-state index is 15.2. The number of anilines is 2. The van der Waals surface area contributed by atoms with Crippen molar-refractivity contribution in [2.75, 3.05) is 18.5 Å². The lowest BCUT2D eigenvalue weighted by molar-refractivity contribution is -0.0773. The molecule has 1 atom stereocenters. The van der Waals surface area contributed by atoms with E-state index in [0.29, 0.717) is 57.5 Å². The molecule has 0 aliphatic carbocycles. The molecule has 0 bridgehead atoms. The Bertz CT molecular complexity index is 1510. The summed E-state index contributed by atoms with van der Waals surface area (Å²) in [6.07, 6.45) is 5.13. The highest BCUT2D eigenvalue weighted by Gasteiger charge is 2.28. The quantitative estimate of drug-likeness (QED) is 0.372. The first-order valence-electron chi connectivity index (χ1n) is 10.9. The molecule has 4 heterocycles. The maximum atomic E-state index is 15.2. The number of ether oxygens (including phenoxy) is 2. The van der Waals surface area contributed by atoms with Gasteiger partial charge >= 0.3 is 0 Å². The Morgan fingerprint density at radius 2 is 2.06 bits per heavy atom. The number of fused-ring (bicyclic) bond motifs is 2. The minimum Gasteiger partial charge on any atom is -0.489 e. The zero-order valence-corrected chi connectivity index (χ0v) is 19.3. The van der Waals surface area contributed by atoms with E-state index >= 15 is 4.39 Å². The van der Waals surface area contributed by atoms with Gasteiger partial charge in [-0.1, -0.05) is 0 Å². The summed E-state index contributed by atoms with van der Waals surface area (Å²) in [6.45, 7) is 3.37. The van der Waals surface area contributed by atoms with Gasteiger partial charge in [0.1, 0.15) is 24.0 Å². The molecule has 0 unspecified atom stereocenters. The Hall–Kier alpha value is -3.63. The van der Waals surface area contributed by atoms with Crippen LogP contribution in [0.25, 0.3) is 32.2 Å². The van der Waals surface area contributed by atoms with Crippen molar-refractivity contribution in [3.05, 3.63) is 54.3 Å². The van der Waals surface area contributed by atoms with Crippen LogP contribution < -0.4 is 10.1 Å². The van der Waals surface area contributed by atoms with Crippen LogP contribution in [0.1, 0.15) is 6.92 Å². The molecular formula is C24H21FN6O2S. The molecule has 1 N–H and O–H groups in total. The van der Waals surface area contributed by atoms with Gasteiger partial charge in [-0.05, 0) is 36.8 Å². The Morgan fingerprint density at radius 1 is 1.18 bits per heavy atom. The van der Waals surface area contributed by atoms with Crippen LogP contribution in [0.2, 0.25) is 0 Å². The molecule has 8 nitrogen and oxygen atoms in total. The highest BCUT2D eigenvalue weighted by molar-refractivity contribution is 7.16. The van der Waals surface area contributed by atoms with E-state index in [4.69, 9.17) is 9.47 Å². The lowest BCUT2D eigenvalue weighted by Gasteiger charge is -2.32. The fraction of sp³-hybridized carbons (Fsp3) is 0.250. The van der Waals surface area contributed by atoms with Crippen molar-refractivity contribution in [2.45, 2.75) is 13.0 Å². The predicted molar refractivity (Wildman–Crippen MR) is 129 cm³/mol. The van der Waals surface area contributed by atoms with Gasteiger partial charge in [0.25, 0.3) is 0 Å². The van der Waals surface area contributed by atoms with E-state index in [9.17, 15) is 0 Å². The van der Waals surface area contributed by atoms with E-state index in [1.807, 2.05) is 32.3 Å². The molecule has 1 aliphatic heterocycles. The summed E-state index contributed by atoms with van der Waals surface area (Å²) < 4.78 is 29.2. The molecule has 6 rings (SSSR count). The Kier molecular flexibility index (Phi) is 5.11. The van der Waals surface area contributed by atoms with Gasteiger partial charge < -0.3 is 14.8 Å². The number of nitrogens with one attached hydrogen (secondary N) is 1. The van der Waals surface area contributed by atoms with Crippen molar-refractivity contribution in [3.8, 4) is 16.9 Å². The normalized spacial score (nSPS) is 14.9. The first-order valence-corrected chi connectivity index (χ1v) is 11.8. The summed E-state index contributed by atoms with van der Waals surface area (Å²) in [7, 11) is 1.87. The molecule has 10 heteroatoms. The van der Waals surface area contributed by atoms with Crippen LogP contribution >= 0.6 is 11.3 Å². The van der Waals surface area contributed by atoms with Gasteiger partial charge in [-0.25, -0.2) is 19.3 Å². The summed E-state index contributed by atoms with van der Waals surface area (Å²) in [4.78, 5) is 13.1. The van der Waals surface area contributed by atoms with Crippen molar-refractivity contribution in [3.63, 3.8) is 0 Å². The maximum Gasteiger partial charge on any atom is 0.166 e. The predicted octanol–water partition coefficient (Wildman–Crippen LogP) is 4.94. The second kappa shape index (κ2) is 8.30. The number of benzene rings is 2. The summed E-state index contributed by atoms with van der Waals surface area (Å²) in [6, 6.07) is 7.39. The molecule has 0 spiro atoms. The lowest BCUT2D eigenvalue weighted by atomic mass is 10.0. The van der Waals surface area contributed by atoms with Crippen molar-refractivity contribution < 1.29 is 13.9 Å². The number of hydrogen-bond acceptors (Lipinski definition) is 8. The van der Waals surface area contributed by atoms with Crippen molar-refractivity contribution in [1.29, 1.82) is 0 Å². The number of aromatic nitrogens is 5. The van der Waals surface area contributed by atoms with Crippen LogP contribution in [-0.2, 0) is 11.8 Å². The Labute approximate surface area is 198 Å². The molecular weight excluding hydrogens is 455 g/mol. The molecule has 1 fully saturated rings. The van der Waals surface area contributed by atoms with E-state index in [-0.39, 0.29) is 11.9 Å². The standard InChI is InChI=1S/C24H21FN6O2S/c1-13(16-9-32-10-16)33-20-6-14(15-7-29-31(2)8-15)5-19-21(20)24(27-11-26-19)30-17-3-4-18-23(22(17)25)34-12-28-18/h3-8,11-13,16H,9-10H2,1-2H3,(H,26,27,30)/t13-/m0/s1. The highest BCUT2D eigenvalue weighted by Crippen LogP contribution is 2.38. The minimum atomic E-state index is -0.360. The van der Waals surface area contributed by atoms with E-state index in [2.05, 4.69) is 25.4 Å². The van der Waals surface area contributed by atoms with Crippen LogP contribution in [0.5, 0.6) is 5.75 Å². The van der Waals surface area contributed by atoms with Crippen LogP contribution in [-0.4, -0.2) is 44.1 Å². The average molecular weight is 477 g/mol. The summed E-state index contributed by atoms with van der Waals surface area (Å²) >= 11 is 1.26. The smallest absolute Gasteiger partial charge is 0.166 e. The Morgan fingerprint density at radius 3 is 2.82 bits per heavy atom. The zero-order chi connectivity index (χ0) is 23.2. The number of halogens is 1. The first kappa shape index (κ1) is 20.9. The van der Waals surface area contributed by atoms with Crippen LogP contribution in [0.4, 0.5) is 15.9 Å². The highest BCUT2D eigenvalue weighted by atomic mass is 32.1. The van der Waals surface area contributed by atoms with E-state index in [1.54, 1.807) is 28.5 Å². The van der Waals surface area contributed by atoms with Crippen LogP contribution in [0.15, 0.2) is 48.5 Å². The van der Waals surface area contributed by atoms with E-state index in [0.717, 1.165) is 11.1 Å². The number of rotatable bonds is 6. The second-order valence-corrected chi connectivity index (χ2v) is 9.22. The molecule has 2 aromatic carbocycles. The van der Waals surface area contributed by atoms with Crippen molar-refractivity contribution >= 4 is 44.0 Å². The topological polar surface area (TPSA) is 87.0 Å². The second-order valence-electron chi connectivity index (χ2n) is 8.37. The number of hydrogen-bond donors (Lipinski definition) is 1. The summed E-state index contributed by atoms with van der Waals surface area (Å²) in [5.74, 6) is 1.04. The van der Waals surface area contributed by atoms with Crippen molar-refractivity contribution in [1.82, 2.24) is 24.7 Å². The third-order valence-corrected chi connectivity index (χ3v) is 6.91. The molecule has 1 saturated heterocycles. The summed E-state index contributed by atoms with van der Waals surface area (Å²) in [5.41, 5.74) is 5.14. The van der Waals surface area contributed by atoms with Crippen LogP contribution in [0, 0.1) is 11.7 Å². The Balaban J connectivity index is 1.48. The van der Waals surface area contributed by atoms with Crippen LogP contribution in [0.3, 0.4) is 0 Å². The van der Waals surface area contributed by atoms with Gasteiger partial charge in [0.15, 0.2) is 5.82 Å². The molecule has 1 aliphatic rings. The average Bonchev–Trinajstić information content (AvgIpc) is 3.44. The van der Waals surface area contributed by atoms with Crippen molar-refractivity contribution in [2.24, 2.45) is 13.0 Å². The monoisotopic (exact) mass is 476 g/mol. The number of nitrogens with zero attached hydrogens (tertiary/aromatic N) is 5. The van der Waals surface area contributed by atoms with Gasteiger partial charge in [0.2, 0.25) is 0 Å². The van der Waals surface area contributed by atoms with Gasteiger partial charge in [0.05, 0.1) is 51.7 Å². The lowest BCUT2D eigenvalue weighted by Crippen LogP contribution is -2.39. The van der Waals surface area contributed by atoms with E-state index < -0.39 is 0 Å². The van der Waals surface area contributed by atoms with Gasteiger partial charge in [-0.2, -0.15) is 5.10 Å². The minimum absolute atomic E-state index is 0.0700. The molecule has 3 aromatic heterocycles. The third kappa shape index (κ3) is 3.64. The summed E-state index contributed by atoms with van der Waals surface area (Å²) in [5, 5.41) is 8.14. The molecule has 5 aromatic rings. The number of aryl methyl sites for hydroxylation is 1. The van der Waals surface area contributed by atoms with E-state index in [1.165, 1.54) is 17.7 Å². The molecule has 0 saturated carbocycles. The molecule has 34 heavy (non-hydrogen) atoms. The molecule has 0 amide bonds. The first-order chi connectivity index (χ1) is 16.6.